The molecule has 0 fully saturated rings. The molecule has 0 aliphatic heterocycles. The van der Waals surface area contributed by atoms with Gasteiger partial charge in [-0.05, 0) is 30.3 Å². The van der Waals surface area contributed by atoms with Crippen molar-refractivity contribution < 1.29 is 15.1 Å². The molecule has 24 heavy (non-hydrogen) atoms. The summed E-state index contributed by atoms with van der Waals surface area (Å²) in [4.78, 5) is 11.8. The van der Waals surface area contributed by atoms with Crippen LogP contribution < -0.4 is 4.90 Å². The van der Waals surface area contributed by atoms with Crippen LogP contribution in [-0.2, 0) is 0 Å². The van der Waals surface area contributed by atoms with Crippen LogP contribution in [0.5, 0.6) is 0 Å². The van der Waals surface area contributed by atoms with E-state index in [4.69, 9.17) is 10.2 Å². The highest BCUT2D eigenvalue weighted by molar-refractivity contribution is 5.52. The molecule has 0 bridgehead atoms. The molecule has 0 atom stereocenters. The second-order valence-corrected chi connectivity index (χ2v) is 4.56. The molecule has 8 nitrogen and oxygen atoms in total. The average Bonchev–Trinajstić information content (AvgIpc) is 2.58. The third kappa shape index (κ3) is 6.51. The Balaban J connectivity index is 2.69. The van der Waals surface area contributed by atoms with E-state index in [1.165, 1.54) is 18.4 Å². The van der Waals surface area contributed by atoms with Gasteiger partial charge in [-0.25, -0.2) is 0 Å². The van der Waals surface area contributed by atoms with E-state index in [9.17, 15) is 10.1 Å². The zero-order valence-corrected chi connectivity index (χ0v) is 13.2. The van der Waals surface area contributed by atoms with Gasteiger partial charge >= 0.3 is 0 Å². The molecule has 1 aromatic rings. The highest BCUT2D eigenvalue weighted by atomic mass is 16.6. The maximum Gasteiger partial charge on any atom is 0.268 e. The van der Waals surface area contributed by atoms with Crippen LogP contribution in [0.3, 0.4) is 0 Å². The first-order chi connectivity index (χ1) is 11.6. The van der Waals surface area contributed by atoms with Gasteiger partial charge in [0.25, 0.3) is 5.70 Å². The van der Waals surface area contributed by atoms with Crippen LogP contribution in [0.25, 0.3) is 0 Å². The van der Waals surface area contributed by atoms with Crippen molar-refractivity contribution >= 4 is 11.4 Å². The number of aliphatic hydroxyl groups is 2. The molecule has 0 radical (unpaired) electrons. The van der Waals surface area contributed by atoms with E-state index < -0.39 is 4.92 Å². The number of nitrogens with zero attached hydrogens (tertiary/aromatic N) is 4. The van der Waals surface area contributed by atoms with Gasteiger partial charge in [-0.3, -0.25) is 10.1 Å². The number of hydrogen-bond acceptors (Lipinski definition) is 7. The lowest BCUT2D eigenvalue weighted by atomic mass is 10.2. The number of rotatable bonds is 10. The van der Waals surface area contributed by atoms with E-state index in [-0.39, 0.29) is 18.9 Å². The molecule has 0 aliphatic carbocycles. The summed E-state index contributed by atoms with van der Waals surface area (Å²) in [5.74, 6) is 0. The van der Waals surface area contributed by atoms with Crippen molar-refractivity contribution in [2.45, 2.75) is 0 Å². The fourth-order valence-electron chi connectivity index (χ4n) is 1.83. The monoisotopic (exact) mass is 332 g/mol. The number of anilines is 1. The molecule has 0 aliphatic rings. The number of aliphatic hydroxyl groups excluding tert-OH is 2. The van der Waals surface area contributed by atoms with Gasteiger partial charge in [-0.1, -0.05) is 6.58 Å². The van der Waals surface area contributed by atoms with Crippen molar-refractivity contribution in [3.05, 3.63) is 71.1 Å². The van der Waals surface area contributed by atoms with Crippen LogP contribution in [0.15, 0.2) is 71.2 Å². The summed E-state index contributed by atoms with van der Waals surface area (Å²) in [6.07, 6.45) is 5.16. The molecule has 0 spiro atoms. The van der Waals surface area contributed by atoms with Crippen molar-refractivity contribution in [1.29, 1.82) is 0 Å². The van der Waals surface area contributed by atoms with Gasteiger partial charge in [-0.2, -0.15) is 10.2 Å². The molecule has 1 rings (SSSR count). The van der Waals surface area contributed by atoms with Crippen LogP contribution >= 0.6 is 0 Å². The minimum Gasteiger partial charge on any atom is -0.395 e. The molecule has 0 heterocycles. The number of benzene rings is 1. The summed E-state index contributed by atoms with van der Waals surface area (Å²) >= 11 is 0. The first-order valence-corrected chi connectivity index (χ1v) is 7.23. The summed E-state index contributed by atoms with van der Waals surface area (Å²) in [5, 5.41) is 36.3. The Bertz CT molecular complexity index is 617. The highest BCUT2D eigenvalue weighted by Gasteiger charge is 2.04. The molecule has 0 amide bonds. The fraction of sp³-hybridized carbons (Fsp3) is 0.250. The molecule has 1 aromatic carbocycles. The molecular weight excluding hydrogens is 312 g/mol. The molecule has 128 valence electrons. The summed E-state index contributed by atoms with van der Waals surface area (Å²) in [6, 6.07) is 7.12. The van der Waals surface area contributed by atoms with Crippen molar-refractivity contribution in [3.63, 3.8) is 0 Å². The normalized spacial score (nSPS) is 12.0. The summed E-state index contributed by atoms with van der Waals surface area (Å²) in [6.45, 7) is 4.20. The maximum absolute atomic E-state index is 10.5. The van der Waals surface area contributed by atoms with Gasteiger partial charge in [0.05, 0.1) is 23.8 Å². The minimum absolute atomic E-state index is 0.00336. The van der Waals surface area contributed by atoms with Crippen molar-refractivity contribution in [2.24, 2.45) is 10.2 Å². The first kappa shape index (κ1) is 19.2. The third-order valence-corrected chi connectivity index (χ3v) is 2.97. The van der Waals surface area contributed by atoms with Crippen LogP contribution in [0.2, 0.25) is 0 Å². The highest BCUT2D eigenvalue weighted by Crippen LogP contribution is 2.20. The van der Waals surface area contributed by atoms with Crippen molar-refractivity contribution in [3.8, 4) is 0 Å². The maximum atomic E-state index is 10.5. The van der Waals surface area contributed by atoms with E-state index in [1.807, 2.05) is 17.0 Å². The Morgan fingerprint density at radius 2 is 1.88 bits per heavy atom. The Hall–Kier alpha value is -2.84. The third-order valence-electron chi connectivity index (χ3n) is 2.97. The Morgan fingerprint density at radius 1 is 1.25 bits per heavy atom. The van der Waals surface area contributed by atoms with Crippen molar-refractivity contribution in [1.82, 2.24) is 0 Å². The fourth-order valence-corrected chi connectivity index (χ4v) is 1.83. The molecule has 0 saturated heterocycles. The smallest absolute Gasteiger partial charge is 0.268 e. The number of hydrogen-bond donors (Lipinski definition) is 2. The van der Waals surface area contributed by atoms with Crippen LogP contribution in [0, 0.1) is 10.1 Å². The Labute approximate surface area is 139 Å². The van der Waals surface area contributed by atoms with E-state index in [1.54, 1.807) is 12.1 Å². The Morgan fingerprint density at radius 3 is 2.38 bits per heavy atom. The van der Waals surface area contributed by atoms with Gasteiger partial charge in [-0.15, -0.1) is 0 Å². The number of allylic oxidation sites excluding steroid dienone is 3. The largest absolute Gasteiger partial charge is 0.395 e. The van der Waals surface area contributed by atoms with E-state index >= 15 is 0 Å². The van der Waals surface area contributed by atoms with E-state index in [0.717, 1.165) is 11.8 Å². The van der Waals surface area contributed by atoms with Gasteiger partial charge in [0.1, 0.15) is 0 Å². The molecule has 8 heteroatoms. The standard InChI is InChI=1S/C16H20N4O4/c1-2-15(20(23)24)4-3-9-17-18-14-5-7-16(8-6-14)19(10-12-21)11-13-22/h2-9,21-22H,1,10-13H2. The van der Waals surface area contributed by atoms with Crippen LogP contribution in [0.1, 0.15) is 0 Å². The van der Waals surface area contributed by atoms with Gasteiger partial charge in [0.2, 0.25) is 0 Å². The summed E-state index contributed by atoms with van der Waals surface area (Å²) < 4.78 is 0. The second-order valence-electron chi connectivity index (χ2n) is 4.56. The quantitative estimate of drug-likeness (QED) is 0.296. The lowest BCUT2D eigenvalue weighted by Gasteiger charge is -2.22. The summed E-state index contributed by atoms with van der Waals surface area (Å²) in [7, 11) is 0. The van der Waals surface area contributed by atoms with Gasteiger partial charge in [0.15, 0.2) is 0 Å². The van der Waals surface area contributed by atoms with Gasteiger partial charge in [0, 0.05) is 37.1 Å². The van der Waals surface area contributed by atoms with Crippen molar-refractivity contribution in [2.75, 3.05) is 31.2 Å². The lowest BCUT2D eigenvalue weighted by molar-refractivity contribution is -0.418. The zero-order valence-electron chi connectivity index (χ0n) is 13.2. The Kier molecular flexibility index (Phi) is 8.65. The summed E-state index contributed by atoms with van der Waals surface area (Å²) in [5.41, 5.74) is 1.34. The second kappa shape index (κ2) is 10.8. The zero-order chi connectivity index (χ0) is 17.8. The predicted octanol–water partition coefficient (Wildman–Crippen LogP) is 2.42. The van der Waals surface area contributed by atoms with Gasteiger partial charge < -0.3 is 15.1 Å². The predicted molar refractivity (Wildman–Crippen MR) is 91.8 cm³/mol. The average molecular weight is 332 g/mol. The van der Waals surface area contributed by atoms with Crippen LogP contribution in [-0.4, -0.2) is 41.4 Å². The first-order valence-electron chi connectivity index (χ1n) is 7.23. The lowest BCUT2D eigenvalue weighted by Crippen LogP contribution is -2.29. The molecule has 0 saturated carbocycles. The van der Waals surface area contributed by atoms with E-state index in [0.29, 0.717) is 18.8 Å². The van der Waals surface area contributed by atoms with Crippen LogP contribution in [0.4, 0.5) is 11.4 Å². The molecule has 2 N–H and O–H groups in total. The number of nitro groups is 1. The number of azo groups is 1. The topological polar surface area (TPSA) is 112 Å². The SMILES string of the molecule is C=CC(=CC=CN=Nc1ccc(N(CCO)CCO)cc1)[N+](=O)[O-]. The minimum atomic E-state index is -0.544. The molecular formula is C16H20N4O4. The van der Waals surface area contributed by atoms with E-state index in [2.05, 4.69) is 16.8 Å². The molecule has 0 unspecified atom stereocenters. The molecule has 0 aromatic heterocycles.